The van der Waals surface area contributed by atoms with Crippen LogP contribution in [0.2, 0.25) is 0 Å². The molecule has 0 amide bonds. The molecule has 3 nitrogen and oxygen atoms in total. The summed E-state index contributed by atoms with van der Waals surface area (Å²) in [6.07, 6.45) is -17.9. The first-order chi connectivity index (χ1) is 36.5. The van der Waals surface area contributed by atoms with E-state index in [9.17, 15) is 26.3 Å². The monoisotopic (exact) mass is 1070 g/mol. The van der Waals surface area contributed by atoms with E-state index in [-0.39, 0.29) is 44.5 Å². The molecule has 0 fully saturated rings. The molecule has 8 aromatic carbocycles. The number of hydrogen-bond acceptors (Lipinski definition) is 3. The number of methoxy groups -OCH3 is 2. The van der Waals surface area contributed by atoms with Gasteiger partial charge in [-0.3, -0.25) is 0 Å². The zero-order chi connectivity index (χ0) is 55.5. The summed E-state index contributed by atoms with van der Waals surface area (Å²) >= 11 is 0. The van der Waals surface area contributed by atoms with Crippen molar-refractivity contribution in [3.63, 3.8) is 0 Å². The van der Waals surface area contributed by atoms with Gasteiger partial charge in [-0.25, -0.2) is 8.78 Å². The number of ether oxygens (including phenoxy) is 3. The van der Waals surface area contributed by atoms with Crippen LogP contribution in [-0.4, -0.2) is 38.8 Å². The summed E-state index contributed by atoms with van der Waals surface area (Å²) in [4.78, 5) is 0. The van der Waals surface area contributed by atoms with Crippen molar-refractivity contribution in [1.82, 2.24) is 0 Å². The van der Waals surface area contributed by atoms with Crippen LogP contribution in [0.3, 0.4) is 0 Å². The van der Waals surface area contributed by atoms with E-state index in [1.807, 2.05) is 0 Å². The van der Waals surface area contributed by atoms with E-state index in [4.69, 9.17) is 14.2 Å². The van der Waals surface area contributed by atoms with E-state index in [0.29, 0.717) is 22.3 Å². The summed E-state index contributed by atoms with van der Waals surface area (Å²) in [6, 6.07) is 37.8. The van der Waals surface area contributed by atoms with Gasteiger partial charge in [-0.15, -0.1) is 0 Å². The number of alkyl halides is 10. The highest BCUT2D eigenvalue weighted by molar-refractivity contribution is 5.67. The molecular formula is C62H50F12O3. The summed E-state index contributed by atoms with van der Waals surface area (Å²) in [5.41, 5.74) is -1.46. The maximum absolute atomic E-state index is 17.9. The summed E-state index contributed by atoms with van der Waals surface area (Å²) in [5.74, 6) is -10.9. The third-order valence-electron chi connectivity index (χ3n) is 13.5. The minimum atomic E-state index is -4.98. The lowest BCUT2D eigenvalue weighted by Gasteiger charge is -2.30. The molecule has 2 unspecified atom stereocenters. The molecule has 0 spiro atoms. The Morgan fingerprint density at radius 1 is 0.416 bits per heavy atom. The SMILES string of the molecule is COC(Cc1ccc(Oc2ccc(CC(OC)C(F)(F)F)c(Cc3ccc(-c4ccc(C)cc4F)cc3)c2C(F)(F)c2ccccc2)c(C(F)(F)c2ccccc2)c1Cc1ccc(-c2ccc(C)cc2F)cc1)C(F)(F)F. The second kappa shape index (κ2) is 22.7. The maximum atomic E-state index is 17.9. The Kier molecular flexibility index (Phi) is 16.5. The molecule has 8 aromatic rings. The molecule has 0 N–H and O–H groups in total. The van der Waals surface area contributed by atoms with Gasteiger partial charge in [0.15, 0.2) is 12.2 Å². The summed E-state index contributed by atoms with van der Waals surface area (Å²) in [5, 5.41) is 0. The lowest BCUT2D eigenvalue weighted by molar-refractivity contribution is -0.212. The van der Waals surface area contributed by atoms with Crippen molar-refractivity contribution in [2.45, 2.75) is 75.9 Å². The molecule has 0 radical (unpaired) electrons. The molecule has 0 aliphatic heterocycles. The first-order valence-corrected chi connectivity index (χ1v) is 24.2. The number of hydrogen-bond donors (Lipinski definition) is 0. The number of rotatable bonds is 18. The van der Waals surface area contributed by atoms with Crippen LogP contribution in [-0.2, 0) is 47.0 Å². The van der Waals surface area contributed by atoms with E-state index >= 15 is 26.3 Å². The first-order valence-electron chi connectivity index (χ1n) is 24.2. The van der Waals surface area contributed by atoms with Gasteiger partial charge in [0.25, 0.3) is 0 Å². The molecule has 0 aliphatic carbocycles. The fraction of sp³-hybridized carbons (Fsp3) is 0.226. The summed E-state index contributed by atoms with van der Waals surface area (Å²) in [7, 11) is 1.63. The van der Waals surface area contributed by atoms with Gasteiger partial charge in [-0.05, 0) is 107 Å². The highest BCUT2D eigenvalue weighted by Crippen LogP contribution is 2.50. The van der Waals surface area contributed by atoms with Crippen molar-refractivity contribution in [1.29, 1.82) is 0 Å². The van der Waals surface area contributed by atoms with Crippen molar-refractivity contribution >= 4 is 0 Å². The minimum absolute atomic E-state index is 0.224. The molecule has 15 heteroatoms. The molecule has 0 aromatic heterocycles. The summed E-state index contributed by atoms with van der Waals surface area (Å²) < 4.78 is 205. The van der Waals surface area contributed by atoms with Crippen LogP contribution in [0.25, 0.3) is 22.3 Å². The fourth-order valence-electron chi connectivity index (χ4n) is 9.47. The third-order valence-corrected chi connectivity index (χ3v) is 13.5. The highest BCUT2D eigenvalue weighted by atomic mass is 19.4. The van der Waals surface area contributed by atoms with Crippen molar-refractivity contribution in [3.05, 3.63) is 248 Å². The highest BCUT2D eigenvalue weighted by Gasteiger charge is 2.46. The normalized spacial score (nSPS) is 13.1. The maximum Gasteiger partial charge on any atom is 0.414 e. The van der Waals surface area contributed by atoms with Gasteiger partial charge >= 0.3 is 24.2 Å². The van der Waals surface area contributed by atoms with E-state index in [1.54, 1.807) is 38.1 Å². The molecule has 400 valence electrons. The second-order valence-corrected chi connectivity index (χ2v) is 18.8. The summed E-state index contributed by atoms with van der Waals surface area (Å²) in [6.45, 7) is 3.41. The van der Waals surface area contributed by atoms with Gasteiger partial charge in [0, 0.05) is 49.3 Å². The molecule has 0 saturated carbocycles. The molecule has 2 atom stereocenters. The average Bonchev–Trinajstić information content (AvgIpc) is 3.42. The minimum Gasteiger partial charge on any atom is -0.456 e. The Balaban J connectivity index is 1.37. The zero-order valence-corrected chi connectivity index (χ0v) is 41.9. The van der Waals surface area contributed by atoms with Gasteiger partial charge in [-0.1, -0.05) is 146 Å². The first kappa shape index (κ1) is 55.9. The van der Waals surface area contributed by atoms with Crippen molar-refractivity contribution in [2.75, 3.05) is 14.2 Å². The molecule has 8 rings (SSSR count). The van der Waals surface area contributed by atoms with Crippen LogP contribution in [0.1, 0.15) is 66.8 Å². The number of aryl methyl sites for hydroxylation is 2. The van der Waals surface area contributed by atoms with Gasteiger partial charge < -0.3 is 14.2 Å². The fourth-order valence-corrected chi connectivity index (χ4v) is 9.47. The lowest BCUT2D eigenvalue weighted by Crippen LogP contribution is -2.33. The average molecular weight is 1070 g/mol. The molecule has 0 bridgehead atoms. The largest absolute Gasteiger partial charge is 0.456 e. The van der Waals surface area contributed by atoms with Crippen LogP contribution in [0.15, 0.2) is 170 Å². The second-order valence-electron chi connectivity index (χ2n) is 18.8. The quantitative estimate of drug-likeness (QED) is 0.0802. The Morgan fingerprint density at radius 3 is 1.08 bits per heavy atom. The van der Waals surface area contributed by atoms with Crippen molar-refractivity contribution in [3.8, 4) is 33.8 Å². The van der Waals surface area contributed by atoms with Gasteiger partial charge in [-0.2, -0.15) is 43.9 Å². The van der Waals surface area contributed by atoms with Crippen LogP contribution in [0.4, 0.5) is 52.7 Å². The molecule has 0 saturated heterocycles. The Bertz CT molecular complexity index is 3100. The topological polar surface area (TPSA) is 27.7 Å². The Hall–Kier alpha value is -7.36. The van der Waals surface area contributed by atoms with Crippen LogP contribution in [0.5, 0.6) is 11.5 Å². The Morgan fingerprint density at radius 2 is 0.766 bits per heavy atom. The molecule has 77 heavy (non-hydrogen) atoms. The van der Waals surface area contributed by atoms with Gasteiger partial charge in [0.2, 0.25) is 0 Å². The van der Waals surface area contributed by atoms with Gasteiger partial charge in [0.05, 0.1) is 11.1 Å². The Labute approximate surface area is 437 Å². The van der Waals surface area contributed by atoms with E-state index in [0.717, 1.165) is 62.8 Å². The number of benzene rings is 8. The van der Waals surface area contributed by atoms with Crippen LogP contribution < -0.4 is 4.74 Å². The third kappa shape index (κ3) is 12.4. The standard InChI is InChI=1S/C62H50F12O3/c1-37-15-27-47(51(63)31-37)41-21-17-39(18-22-41)33-49-43(35-55(75-3)61(69,70)71)25-29-53(57(49)59(65,66)45-11-7-5-8-12-45)77-54-30-26-44(36-56(76-4)62(72,73)74)50(58(54)60(67,68)46-13-9-6-10-14-46)34-40-19-23-42(24-20-40)48-28-16-38(2)32-52(48)64/h5-32,55-56H,33-36H2,1-4H3. The predicted molar refractivity (Wildman–Crippen MR) is 272 cm³/mol. The van der Waals surface area contributed by atoms with Crippen LogP contribution in [0, 0.1) is 25.5 Å². The molecule has 0 heterocycles. The zero-order valence-electron chi connectivity index (χ0n) is 41.9. The molecule has 0 aliphatic rings. The van der Waals surface area contributed by atoms with E-state index in [2.05, 4.69) is 0 Å². The van der Waals surface area contributed by atoms with Gasteiger partial charge in [0.1, 0.15) is 23.1 Å². The predicted octanol–water partition coefficient (Wildman–Crippen LogP) is 17.4. The number of halogens is 12. The van der Waals surface area contributed by atoms with E-state index < -0.39 is 107 Å². The lowest BCUT2D eigenvalue weighted by atomic mass is 9.85. The van der Waals surface area contributed by atoms with E-state index in [1.165, 1.54) is 97.1 Å². The smallest absolute Gasteiger partial charge is 0.414 e. The molecular weight excluding hydrogens is 1020 g/mol. The van der Waals surface area contributed by atoms with Crippen molar-refractivity contribution < 1.29 is 66.9 Å². The van der Waals surface area contributed by atoms with Crippen LogP contribution >= 0.6 is 0 Å². The van der Waals surface area contributed by atoms with Crippen molar-refractivity contribution in [2.24, 2.45) is 0 Å².